The summed E-state index contributed by atoms with van der Waals surface area (Å²) in [5, 5.41) is 23.3. The van der Waals surface area contributed by atoms with E-state index in [9.17, 15) is 10.4 Å². The largest absolute Gasteiger partial charge is 0.508 e. The first kappa shape index (κ1) is 18.1. The number of phenolic OH excluding ortho intramolecular Hbond substituents is 1. The van der Waals surface area contributed by atoms with Gasteiger partial charge >= 0.3 is 0 Å². The first-order valence-corrected chi connectivity index (χ1v) is 9.56. The maximum atomic E-state index is 9.76. The Morgan fingerprint density at radius 3 is 2.89 bits per heavy atom. The van der Waals surface area contributed by atoms with Crippen LogP contribution in [0.5, 0.6) is 5.75 Å². The van der Waals surface area contributed by atoms with E-state index < -0.39 is 0 Å². The number of rotatable bonds is 4. The second-order valence-corrected chi connectivity index (χ2v) is 7.07. The highest BCUT2D eigenvalue weighted by atomic mass is 16.5. The Morgan fingerprint density at radius 1 is 1.29 bits per heavy atom. The molecule has 0 unspecified atom stereocenters. The molecule has 142 valence electrons. The molecule has 1 aromatic carbocycles. The summed E-state index contributed by atoms with van der Waals surface area (Å²) in [4.78, 5) is 6.99. The number of phenols is 1. The number of hydrogen-bond donors (Lipinski definition) is 1. The predicted octanol–water partition coefficient (Wildman–Crippen LogP) is 4.88. The van der Waals surface area contributed by atoms with Gasteiger partial charge in [0.05, 0.1) is 18.2 Å². The third-order valence-electron chi connectivity index (χ3n) is 5.27. The van der Waals surface area contributed by atoms with Gasteiger partial charge < -0.3 is 14.5 Å². The van der Waals surface area contributed by atoms with E-state index in [4.69, 9.17) is 9.52 Å². The monoisotopic (exact) mass is 374 g/mol. The van der Waals surface area contributed by atoms with Crippen molar-refractivity contribution >= 4 is 5.84 Å². The molecule has 1 N–H and O–H groups in total. The molecule has 2 aromatic rings. The fourth-order valence-electron chi connectivity index (χ4n) is 3.82. The summed E-state index contributed by atoms with van der Waals surface area (Å²) in [5.74, 6) is 1.52. The number of benzene rings is 1. The summed E-state index contributed by atoms with van der Waals surface area (Å²) in [6, 6.07) is 8.49. The van der Waals surface area contributed by atoms with E-state index in [-0.39, 0.29) is 5.75 Å². The van der Waals surface area contributed by atoms with E-state index in [2.05, 4.69) is 29.6 Å². The molecule has 0 fully saturated rings. The molecule has 1 aliphatic carbocycles. The lowest BCUT2D eigenvalue weighted by Gasteiger charge is -2.34. The zero-order chi connectivity index (χ0) is 19.7. The van der Waals surface area contributed by atoms with Crippen LogP contribution in [0, 0.1) is 11.3 Å². The van der Waals surface area contributed by atoms with Gasteiger partial charge in [-0.15, -0.1) is 0 Å². The van der Waals surface area contributed by atoms with Crippen LogP contribution in [0.1, 0.15) is 50.3 Å². The van der Waals surface area contributed by atoms with Crippen molar-refractivity contribution in [1.82, 2.24) is 10.1 Å². The van der Waals surface area contributed by atoms with Gasteiger partial charge in [-0.25, -0.2) is 4.99 Å². The maximum absolute atomic E-state index is 9.76. The summed E-state index contributed by atoms with van der Waals surface area (Å²) < 4.78 is 5.48. The smallest absolute Gasteiger partial charge is 0.168 e. The summed E-state index contributed by atoms with van der Waals surface area (Å²) >= 11 is 0. The van der Waals surface area contributed by atoms with E-state index in [1.807, 2.05) is 0 Å². The minimum Gasteiger partial charge on any atom is -0.508 e. The molecule has 0 radical (unpaired) electrons. The van der Waals surface area contributed by atoms with Crippen molar-refractivity contribution < 1.29 is 9.63 Å². The zero-order valence-electron chi connectivity index (χ0n) is 15.9. The van der Waals surface area contributed by atoms with Crippen LogP contribution < -0.4 is 0 Å². The van der Waals surface area contributed by atoms with Crippen molar-refractivity contribution in [2.45, 2.75) is 45.6 Å². The Morgan fingerprint density at radius 2 is 2.11 bits per heavy atom. The third kappa shape index (κ3) is 3.20. The molecule has 2 aliphatic rings. The van der Waals surface area contributed by atoms with Gasteiger partial charge in [-0.2, -0.15) is 5.26 Å². The van der Waals surface area contributed by atoms with Crippen LogP contribution in [-0.4, -0.2) is 21.0 Å². The first-order chi connectivity index (χ1) is 13.6. The van der Waals surface area contributed by atoms with Crippen molar-refractivity contribution in [2.24, 2.45) is 4.99 Å². The molecular weight excluding hydrogens is 352 g/mol. The summed E-state index contributed by atoms with van der Waals surface area (Å²) in [6.45, 7) is 6.93. The highest BCUT2D eigenvalue weighted by molar-refractivity contribution is 5.87. The zero-order valence-corrected chi connectivity index (χ0v) is 15.9. The quantitative estimate of drug-likeness (QED) is 0.824. The van der Waals surface area contributed by atoms with Gasteiger partial charge in [0.25, 0.3) is 0 Å². The van der Waals surface area contributed by atoms with E-state index in [1.54, 1.807) is 12.1 Å². The van der Waals surface area contributed by atoms with E-state index >= 15 is 0 Å². The van der Waals surface area contributed by atoms with Crippen molar-refractivity contribution in [3.05, 3.63) is 59.1 Å². The third-order valence-corrected chi connectivity index (χ3v) is 5.27. The molecular formula is C22H22N4O2. The highest BCUT2D eigenvalue weighted by Crippen LogP contribution is 2.36. The molecule has 1 aliphatic heterocycles. The molecule has 1 aromatic heterocycles. The van der Waals surface area contributed by atoms with E-state index in [1.165, 1.54) is 36.2 Å². The summed E-state index contributed by atoms with van der Waals surface area (Å²) in [7, 11) is 0. The van der Waals surface area contributed by atoms with Crippen molar-refractivity contribution in [2.75, 3.05) is 0 Å². The molecule has 28 heavy (non-hydrogen) atoms. The molecule has 0 saturated heterocycles. The van der Waals surface area contributed by atoms with Crippen LogP contribution in [0.4, 0.5) is 0 Å². The van der Waals surface area contributed by atoms with Gasteiger partial charge in [0.2, 0.25) is 0 Å². The normalized spacial score (nSPS) is 16.6. The molecule has 4 rings (SSSR count). The van der Waals surface area contributed by atoms with Gasteiger partial charge in [0.15, 0.2) is 5.76 Å². The minimum absolute atomic E-state index is 0.0773. The standard InChI is InChI=1S/C22H22N4O2/c1-3-22-24-20-7-5-4-6-18(20)14(2)26(22)13-16-10-21(28-25-16)19-11-17(27)9-8-15(19)12-23/h8-11,27H,2-7,13H2,1H3. The second kappa shape index (κ2) is 7.35. The molecule has 6 nitrogen and oxygen atoms in total. The molecule has 0 bridgehead atoms. The number of nitriles is 1. The second-order valence-electron chi connectivity index (χ2n) is 7.07. The Kier molecular flexibility index (Phi) is 4.74. The number of aliphatic imine (C=N–C) groups is 1. The van der Waals surface area contributed by atoms with Crippen LogP contribution in [0.3, 0.4) is 0 Å². The maximum Gasteiger partial charge on any atom is 0.168 e. The Hall–Kier alpha value is -3.33. The Labute approximate surface area is 164 Å². The fourth-order valence-corrected chi connectivity index (χ4v) is 3.82. The van der Waals surface area contributed by atoms with E-state index in [0.717, 1.165) is 36.5 Å². The van der Waals surface area contributed by atoms with Crippen molar-refractivity contribution in [1.29, 1.82) is 5.26 Å². The number of hydrogen-bond acceptors (Lipinski definition) is 6. The van der Waals surface area contributed by atoms with Crippen molar-refractivity contribution in [3.8, 4) is 23.1 Å². The van der Waals surface area contributed by atoms with Gasteiger partial charge in [0, 0.05) is 29.4 Å². The average molecular weight is 374 g/mol. The van der Waals surface area contributed by atoms with Gasteiger partial charge in [-0.3, -0.25) is 0 Å². The SMILES string of the molecule is C=C1C2=C(CCCC2)N=C(CC)N1Cc1cc(-c2cc(O)ccc2C#N)on1. The molecule has 6 heteroatoms. The molecule has 0 spiro atoms. The number of aromatic nitrogens is 1. The van der Waals surface area contributed by atoms with Gasteiger partial charge in [-0.1, -0.05) is 18.7 Å². The number of allylic oxidation sites excluding steroid dienone is 2. The van der Waals surface area contributed by atoms with Gasteiger partial charge in [-0.05, 0) is 49.5 Å². The fraction of sp³-hybridized carbons (Fsp3) is 0.318. The average Bonchev–Trinajstić information content (AvgIpc) is 3.18. The molecule has 2 heterocycles. The molecule has 0 amide bonds. The summed E-state index contributed by atoms with van der Waals surface area (Å²) in [5.41, 5.74) is 5.12. The minimum atomic E-state index is 0.0773. The van der Waals surface area contributed by atoms with Crippen LogP contribution >= 0.6 is 0 Å². The Bertz CT molecular complexity index is 1040. The van der Waals surface area contributed by atoms with Crippen LogP contribution in [0.2, 0.25) is 0 Å². The lowest BCUT2D eigenvalue weighted by Crippen LogP contribution is -2.33. The lowest BCUT2D eigenvalue weighted by molar-refractivity contribution is 0.401. The van der Waals surface area contributed by atoms with E-state index in [0.29, 0.717) is 23.4 Å². The number of aromatic hydroxyl groups is 1. The van der Waals surface area contributed by atoms with Crippen LogP contribution in [0.15, 0.2) is 57.3 Å². The van der Waals surface area contributed by atoms with Crippen LogP contribution in [0.25, 0.3) is 11.3 Å². The molecule has 0 atom stereocenters. The van der Waals surface area contributed by atoms with Gasteiger partial charge in [0.1, 0.15) is 17.3 Å². The molecule has 0 saturated carbocycles. The van der Waals surface area contributed by atoms with Crippen molar-refractivity contribution in [3.63, 3.8) is 0 Å². The summed E-state index contributed by atoms with van der Waals surface area (Å²) in [6.07, 6.45) is 5.21. The lowest BCUT2D eigenvalue weighted by atomic mass is 9.92. The highest BCUT2D eigenvalue weighted by Gasteiger charge is 2.27. The number of nitrogens with zero attached hydrogens (tertiary/aromatic N) is 4. The number of amidine groups is 1. The predicted molar refractivity (Wildman–Crippen MR) is 106 cm³/mol. The first-order valence-electron chi connectivity index (χ1n) is 9.56. The topological polar surface area (TPSA) is 85.6 Å². The Balaban J connectivity index is 1.62. The van der Waals surface area contributed by atoms with Crippen LogP contribution in [-0.2, 0) is 6.54 Å².